The van der Waals surface area contributed by atoms with Gasteiger partial charge in [0.1, 0.15) is 0 Å². The molecule has 1 heterocycles. The van der Waals surface area contributed by atoms with Crippen molar-refractivity contribution < 1.29 is 37.4 Å². The summed E-state index contributed by atoms with van der Waals surface area (Å²) in [6, 6.07) is 7.12. The first kappa shape index (κ1) is 25.5. The van der Waals surface area contributed by atoms with Crippen LogP contribution in [0.2, 0.25) is 0 Å². The highest BCUT2D eigenvalue weighted by Crippen LogP contribution is 2.16. The van der Waals surface area contributed by atoms with Gasteiger partial charge in [0.15, 0.2) is 9.84 Å². The summed E-state index contributed by atoms with van der Waals surface area (Å²) in [6.07, 6.45) is -0.366. The summed E-state index contributed by atoms with van der Waals surface area (Å²) in [5, 5.41) is 11.2. The fraction of sp³-hybridized carbons (Fsp3) is 0.524. The van der Waals surface area contributed by atoms with Gasteiger partial charge in [0, 0.05) is 19.5 Å². The quantitative estimate of drug-likeness (QED) is 0.432. The number of nitrogens with zero attached hydrogens (tertiary/aromatic N) is 1. The average Bonchev–Trinajstić information content (AvgIpc) is 2.77. The summed E-state index contributed by atoms with van der Waals surface area (Å²) in [5.41, 5.74) is 0.540. The number of nitrogens with one attached hydrogen (secondary N) is 1. The molecule has 1 aliphatic heterocycles. The monoisotopic (exact) mass is 468 g/mol. The molecule has 1 aromatic rings. The van der Waals surface area contributed by atoms with Crippen LogP contribution in [0.15, 0.2) is 30.3 Å². The average molecular weight is 469 g/mol. The van der Waals surface area contributed by atoms with Gasteiger partial charge in [-0.05, 0) is 12.0 Å². The van der Waals surface area contributed by atoms with Gasteiger partial charge in [-0.3, -0.25) is 14.4 Å². The Morgan fingerprint density at radius 1 is 1.12 bits per heavy atom. The van der Waals surface area contributed by atoms with E-state index in [0.717, 1.165) is 0 Å². The van der Waals surface area contributed by atoms with Gasteiger partial charge in [0.2, 0.25) is 11.8 Å². The van der Waals surface area contributed by atoms with Gasteiger partial charge < -0.3 is 20.1 Å². The van der Waals surface area contributed by atoms with Crippen LogP contribution in [-0.4, -0.2) is 80.1 Å². The minimum absolute atomic E-state index is 0.0117. The van der Waals surface area contributed by atoms with Gasteiger partial charge >= 0.3 is 5.97 Å². The molecule has 2 amide bonds. The Bertz CT molecular complexity index is 926. The molecule has 1 aromatic carbocycles. The van der Waals surface area contributed by atoms with Crippen molar-refractivity contribution in [2.24, 2.45) is 5.92 Å². The van der Waals surface area contributed by atoms with Crippen molar-refractivity contribution >= 4 is 33.4 Å². The van der Waals surface area contributed by atoms with E-state index in [1.165, 1.54) is 11.8 Å². The van der Waals surface area contributed by atoms with Crippen molar-refractivity contribution in [2.75, 3.05) is 32.1 Å². The molecule has 1 fully saturated rings. The van der Waals surface area contributed by atoms with E-state index in [4.69, 9.17) is 9.84 Å². The first-order valence-corrected chi connectivity index (χ1v) is 12.1. The Hall–Kier alpha value is -2.79. The molecule has 1 aliphatic rings. The lowest BCUT2D eigenvalue weighted by Gasteiger charge is -2.28. The lowest BCUT2D eigenvalue weighted by atomic mass is 10.0. The number of carboxylic acids is 1. The fourth-order valence-corrected chi connectivity index (χ4v) is 5.07. The molecule has 176 valence electrons. The number of aliphatic carboxylic acids is 1. The molecule has 2 atom stereocenters. The van der Waals surface area contributed by atoms with E-state index in [1.54, 1.807) is 30.3 Å². The third-order valence-electron chi connectivity index (χ3n) is 5.09. The molecule has 0 radical (unpaired) electrons. The van der Waals surface area contributed by atoms with Crippen LogP contribution in [0.3, 0.4) is 0 Å². The molecule has 32 heavy (non-hydrogen) atoms. The minimum Gasteiger partial charge on any atom is -0.475 e. The van der Waals surface area contributed by atoms with E-state index in [-0.39, 0.29) is 18.6 Å². The maximum absolute atomic E-state index is 12.9. The fourth-order valence-electron chi connectivity index (χ4n) is 3.37. The number of Topliss-reactive ketones (excluding diaryl/α,β-unsaturated/α-hetero) is 1. The van der Waals surface area contributed by atoms with Crippen LogP contribution >= 0.6 is 0 Å². The number of hydrogen-bond acceptors (Lipinski definition) is 7. The van der Waals surface area contributed by atoms with E-state index >= 15 is 0 Å². The number of ketones is 1. The molecule has 0 aliphatic carbocycles. The third-order valence-corrected chi connectivity index (χ3v) is 6.78. The van der Waals surface area contributed by atoms with Gasteiger partial charge in [-0.25, -0.2) is 13.2 Å². The molecule has 2 rings (SSSR count). The molecule has 1 unspecified atom stereocenters. The van der Waals surface area contributed by atoms with Gasteiger partial charge in [-0.15, -0.1) is 0 Å². The second kappa shape index (κ2) is 11.7. The Labute approximate surface area is 186 Å². The standard InChI is InChI=1S/C21H28N2O8S/c1-2-17(19(25)21(27)28)22-20(26)16(12-18(24)23-8-10-31-11-9-23)14-32(29,30)13-15-6-4-3-5-7-15/h3-7,16-17H,2,8-14H2,1H3,(H,22,26)(H,27,28)/t16?,17-/m0/s1. The zero-order chi connectivity index (χ0) is 23.7. The van der Waals surface area contributed by atoms with E-state index < -0.39 is 51.1 Å². The Morgan fingerprint density at radius 3 is 2.31 bits per heavy atom. The van der Waals surface area contributed by atoms with E-state index in [9.17, 15) is 27.6 Å². The predicted molar refractivity (Wildman–Crippen MR) is 114 cm³/mol. The molecule has 1 saturated heterocycles. The molecule has 2 N–H and O–H groups in total. The normalized spacial score (nSPS) is 16.1. The van der Waals surface area contributed by atoms with Gasteiger partial charge in [0.05, 0.1) is 36.7 Å². The van der Waals surface area contributed by atoms with Crippen molar-refractivity contribution in [1.82, 2.24) is 10.2 Å². The number of sulfone groups is 1. The molecule has 0 bridgehead atoms. The van der Waals surface area contributed by atoms with Crippen LogP contribution < -0.4 is 5.32 Å². The van der Waals surface area contributed by atoms with Crippen LogP contribution in [0.25, 0.3) is 0 Å². The summed E-state index contributed by atoms with van der Waals surface area (Å²) >= 11 is 0. The maximum Gasteiger partial charge on any atom is 0.374 e. The molecule has 11 heteroatoms. The Kier molecular flexibility index (Phi) is 9.33. The summed E-state index contributed by atoms with van der Waals surface area (Å²) in [7, 11) is -3.79. The van der Waals surface area contributed by atoms with Crippen LogP contribution in [0.4, 0.5) is 0 Å². The van der Waals surface area contributed by atoms with Gasteiger partial charge in [-0.1, -0.05) is 37.3 Å². The Morgan fingerprint density at radius 2 is 1.75 bits per heavy atom. The van der Waals surface area contributed by atoms with Crippen LogP contribution in [0, 0.1) is 5.92 Å². The summed E-state index contributed by atoms with van der Waals surface area (Å²) < 4.78 is 30.8. The maximum atomic E-state index is 12.9. The smallest absolute Gasteiger partial charge is 0.374 e. The molecule has 0 spiro atoms. The molecule has 10 nitrogen and oxygen atoms in total. The van der Waals surface area contributed by atoms with Crippen molar-refractivity contribution in [3.8, 4) is 0 Å². The number of rotatable bonds is 11. The first-order valence-electron chi connectivity index (χ1n) is 10.3. The number of benzene rings is 1. The molecule has 0 aromatic heterocycles. The van der Waals surface area contributed by atoms with Crippen LogP contribution in [0.1, 0.15) is 25.3 Å². The number of morpholine rings is 1. The van der Waals surface area contributed by atoms with Crippen molar-refractivity contribution in [1.29, 1.82) is 0 Å². The van der Waals surface area contributed by atoms with Crippen molar-refractivity contribution in [3.05, 3.63) is 35.9 Å². The number of ether oxygens (including phenoxy) is 1. The zero-order valence-electron chi connectivity index (χ0n) is 17.9. The molecule has 0 saturated carbocycles. The second-order valence-electron chi connectivity index (χ2n) is 7.57. The summed E-state index contributed by atoms with van der Waals surface area (Å²) in [5.74, 6) is -6.34. The van der Waals surface area contributed by atoms with Crippen LogP contribution in [-0.2, 0) is 39.5 Å². The number of carboxylic acid groups (broad SMARTS) is 1. The van der Waals surface area contributed by atoms with Gasteiger partial charge in [-0.2, -0.15) is 0 Å². The highest BCUT2D eigenvalue weighted by atomic mass is 32.2. The largest absolute Gasteiger partial charge is 0.475 e. The molecular weight excluding hydrogens is 440 g/mol. The lowest BCUT2D eigenvalue weighted by Crippen LogP contribution is -2.48. The summed E-state index contributed by atoms with van der Waals surface area (Å²) in [4.78, 5) is 49.9. The molecular formula is C21H28N2O8S. The SMILES string of the molecule is CC[C@H](NC(=O)C(CC(=O)N1CCOCC1)CS(=O)(=O)Cc1ccccc1)C(=O)C(=O)O. The van der Waals surface area contributed by atoms with Gasteiger partial charge in [0.25, 0.3) is 5.78 Å². The number of carbonyl (C=O) groups is 4. The predicted octanol–water partition coefficient (Wildman–Crippen LogP) is 0.0150. The number of carbonyl (C=O) groups excluding carboxylic acids is 3. The zero-order valence-corrected chi connectivity index (χ0v) is 18.7. The summed E-state index contributed by atoms with van der Waals surface area (Å²) in [6.45, 7) is 2.88. The highest BCUT2D eigenvalue weighted by Gasteiger charge is 2.33. The Balaban J connectivity index is 2.18. The minimum atomic E-state index is -3.79. The van der Waals surface area contributed by atoms with E-state index in [0.29, 0.717) is 31.9 Å². The van der Waals surface area contributed by atoms with Crippen molar-refractivity contribution in [2.45, 2.75) is 31.6 Å². The van der Waals surface area contributed by atoms with Crippen molar-refractivity contribution in [3.63, 3.8) is 0 Å². The third kappa shape index (κ3) is 7.72. The highest BCUT2D eigenvalue weighted by molar-refractivity contribution is 7.90. The van der Waals surface area contributed by atoms with Crippen LogP contribution in [0.5, 0.6) is 0 Å². The topological polar surface area (TPSA) is 147 Å². The second-order valence-corrected chi connectivity index (χ2v) is 9.68. The first-order chi connectivity index (χ1) is 15.1. The van der Waals surface area contributed by atoms with E-state index in [2.05, 4.69) is 5.32 Å². The number of amides is 2. The lowest BCUT2D eigenvalue weighted by molar-refractivity contribution is -0.150. The van der Waals surface area contributed by atoms with E-state index in [1.807, 2.05) is 0 Å². The number of hydrogen-bond donors (Lipinski definition) is 2.